The van der Waals surface area contributed by atoms with Crippen LogP contribution in [0.1, 0.15) is 55.7 Å². The lowest BCUT2D eigenvalue weighted by molar-refractivity contribution is -0.137. The summed E-state index contributed by atoms with van der Waals surface area (Å²) < 4.78 is 50.7. The number of hydrogen-bond acceptors (Lipinski definition) is 4. The van der Waals surface area contributed by atoms with Gasteiger partial charge in [0.25, 0.3) is 0 Å². The van der Waals surface area contributed by atoms with Crippen molar-refractivity contribution < 1.29 is 22.4 Å². The van der Waals surface area contributed by atoms with Crippen LogP contribution < -0.4 is 16.0 Å². The average molecular weight is 523 g/mol. The summed E-state index contributed by atoms with van der Waals surface area (Å²) in [5.41, 5.74) is 7.11. The first-order valence-corrected chi connectivity index (χ1v) is 13.1. The maximum absolute atomic E-state index is 12.9. The Morgan fingerprint density at radius 2 is 1.81 bits per heavy atom. The molecule has 0 bridgehead atoms. The van der Waals surface area contributed by atoms with Crippen LogP contribution in [0.3, 0.4) is 0 Å². The van der Waals surface area contributed by atoms with Crippen LogP contribution in [0, 0.1) is 5.82 Å². The molecule has 1 amide bonds. The fourth-order valence-corrected chi connectivity index (χ4v) is 4.84. The van der Waals surface area contributed by atoms with E-state index in [1.165, 1.54) is 38.2 Å². The molecule has 37 heavy (non-hydrogen) atoms. The Morgan fingerprint density at radius 1 is 1.05 bits per heavy atom. The molecule has 3 N–H and O–H groups in total. The highest BCUT2D eigenvalue weighted by Crippen LogP contribution is 2.32. The van der Waals surface area contributed by atoms with E-state index in [9.17, 15) is 22.4 Å². The molecule has 2 aliphatic rings. The topological polar surface area (TPSA) is 61.6 Å². The van der Waals surface area contributed by atoms with E-state index in [4.69, 9.17) is 5.73 Å². The molecule has 4 rings (SSSR count). The molecular formula is C28H38F4N4O. The number of amides is 1. The van der Waals surface area contributed by atoms with Gasteiger partial charge in [-0.25, -0.2) is 4.39 Å². The molecule has 204 valence electrons. The number of benzene rings is 2. The van der Waals surface area contributed by atoms with Crippen LogP contribution in [-0.4, -0.2) is 49.6 Å². The van der Waals surface area contributed by atoms with Gasteiger partial charge in [-0.15, -0.1) is 0 Å². The molecule has 0 aromatic heterocycles. The van der Waals surface area contributed by atoms with Gasteiger partial charge in [0.1, 0.15) is 5.82 Å². The van der Waals surface area contributed by atoms with Crippen molar-refractivity contribution in [1.29, 1.82) is 0 Å². The molecule has 2 aliphatic heterocycles. The van der Waals surface area contributed by atoms with Gasteiger partial charge >= 0.3 is 6.18 Å². The molecule has 9 heteroatoms. The number of nitrogens with zero attached hydrogens (tertiary/aromatic N) is 2. The lowest BCUT2D eigenvalue weighted by atomic mass is 9.97. The van der Waals surface area contributed by atoms with Gasteiger partial charge < -0.3 is 16.0 Å². The van der Waals surface area contributed by atoms with Gasteiger partial charge in [0.15, 0.2) is 0 Å². The normalized spacial score (nSPS) is 18.4. The van der Waals surface area contributed by atoms with E-state index in [0.29, 0.717) is 31.1 Å². The van der Waals surface area contributed by atoms with Crippen LogP contribution in [0.5, 0.6) is 0 Å². The number of nitrogens with two attached hydrogens (primary N) is 1. The highest BCUT2D eigenvalue weighted by atomic mass is 19.4. The molecule has 5 nitrogen and oxygen atoms in total. The average Bonchev–Trinajstić information content (AvgIpc) is 3.09. The third kappa shape index (κ3) is 9.31. The van der Waals surface area contributed by atoms with Crippen molar-refractivity contribution in [3.63, 3.8) is 0 Å². The first kappa shape index (κ1) is 28.9. The highest BCUT2D eigenvalue weighted by molar-refractivity contribution is 5.76. The first-order chi connectivity index (χ1) is 17.7. The number of unbranched alkanes of at least 4 members (excludes halogenated alkanes) is 1. The Hall–Kier alpha value is -2.65. The summed E-state index contributed by atoms with van der Waals surface area (Å²) in [6.07, 6.45) is 2.46. The lowest BCUT2D eigenvalue weighted by Gasteiger charge is -2.28. The molecule has 1 saturated heterocycles. The predicted octanol–water partition coefficient (Wildman–Crippen LogP) is 5.12. The van der Waals surface area contributed by atoms with Crippen molar-refractivity contribution >= 4 is 11.6 Å². The monoisotopic (exact) mass is 522 g/mol. The summed E-state index contributed by atoms with van der Waals surface area (Å²) >= 11 is 0. The van der Waals surface area contributed by atoms with Crippen molar-refractivity contribution in [3.05, 3.63) is 65.0 Å². The molecule has 1 fully saturated rings. The summed E-state index contributed by atoms with van der Waals surface area (Å²) in [7, 11) is 0. The highest BCUT2D eigenvalue weighted by Gasteiger charge is 2.31. The minimum atomic E-state index is -4.33. The molecule has 0 spiro atoms. The Bertz CT molecular complexity index is 997. The minimum absolute atomic E-state index is 0.0791. The summed E-state index contributed by atoms with van der Waals surface area (Å²) in [6.45, 7) is 6.56. The fraction of sp³-hybridized carbons (Fsp3) is 0.536. The number of nitrogens with one attached hydrogen (secondary N) is 1. The summed E-state index contributed by atoms with van der Waals surface area (Å²) in [4.78, 5) is 14.9. The van der Waals surface area contributed by atoms with E-state index < -0.39 is 17.6 Å². The Kier molecular flexibility index (Phi) is 10.8. The lowest BCUT2D eigenvalue weighted by Crippen LogP contribution is -2.37. The molecule has 2 heterocycles. The van der Waals surface area contributed by atoms with Gasteiger partial charge in [-0.2, -0.15) is 13.2 Å². The zero-order chi connectivity index (χ0) is 26.8. The second kappa shape index (κ2) is 13.8. The largest absolute Gasteiger partial charge is 0.416 e. The quantitative estimate of drug-likeness (QED) is 0.391. The number of hydrogen-bond donors (Lipinski definition) is 2. The number of primary amides is 1. The van der Waals surface area contributed by atoms with E-state index in [-0.39, 0.29) is 12.4 Å². The van der Waals surface area contributed by atoms with Gasteiger partial charge in [0, 0.05) is 37.9 Å². The smallest absolute Gasteiger partial charge is 0.371 e. The number of anilines is 1. The van der Waals surface area contributed by atoms with Gasteiger partial charge in [-0.05, 0) is 86.2 Å². The molecule has 0 radical (unpaired) electrons. The van der Waals surface area contributed by atoms with E-state index in [1.54, 1.807) is 17.0 Å². The number of carbonyl (C=O) groups is 1. The standard InChI is InChI=1S/C16H25FN2.C12H13F3N2O/c1-2-3-11-18-15-5-4-12-19(13-10-15)16-8-6-14(17)7-9-16;13-12(14,15)10-2-1-8-3-4-17(7-11(16)18)6-9(8)5-10/h6-9,15,18H,2-5,10-13H2,1H3;1-2,5H,3-4,6-7H2,(H2,16,18). The molecule has 1 atom stereocenters. The fourth-order valence-electron chi connectivity index (χ4n) is 4.84. The van der Waals surface area contributed by atoms with E-state index >= 15 is 0 Å². The number of alkyl halides is 3. The molecular weight excluding hydrogens is 484 g/mol. The van der Waals surface area contributed by atoms with Crippen molar-refractivity contribution in [1.82, 2.24) is 10.2 Å². The predicted molar refractivity (Wildman–Crippen MR) is 139 cm³/mol. The van der Waals surface area contributed by atoms with Crippen molar-refractivity contribution in [2.75, 3.05) is 37.6 Å². The van der Waals surface area contributed by atoms with Crippen LogP contribution in [0.4, 0.5) is 23.2 Å². The first-order valence-electron chi connectivity index (χ1n) is 13.1. The molecule has 0 aliphatic carbocycles. The third-order valence-corrected chi connectivity index (χ3v) is 6.89. The van der Waals surface area contributed by atoms with E-state index in [1.807, 2.05) is 12.1 Å². The SMILES string of the molecule is CCCCNC1CCCN(c2ccc(F)cc2)CC1.NC(=O)CN1CCc2ccc(C(F)(F)F)cc2C1. The van der Waals surface area contributed by atoms with Crippen molar-refractivity contribution in [2.45, 2.75) is 64.2 Å². The molecule has 1 unspecified atom stereocenters. The Labute approximate surface area is 217 Å². The van der Waals surface area contributed by atoms with Crippen LogP contribution >= 0.6 is 0 Å². The summed E-state index contributed by atoms with van der Waals surface area (Å²) in [5.74, 6) is -0.622. The Balaban J connectivity index is 0.000000206. The zero-order valence-electron chi connectivity index (χ0n) is 21.5. The number of fused-ring (bicyclic) bond motifs is 1. The van der Waals surface area contributed by atoms with Crippen molar-refractivity contribution in [2.24, 2.45) is 5.73 Å². The zero-order valence-corrected chi connectivity index (χ0v) is 21.5. The van der Waals surface area contributed by atoms with Crippen molar-refractivity contribution in [3.8, 4) is 0 Å². The Morgan fingerprint density at radius 3 is 2.49 bits per heavy atom. The number of carbonyl (C=O) groups excluding carboxylic acids is 1. The minimum Gasteiger partial charge on any atom is -0.371 e. The maximum Gasteiger partial charge on any atom is 0.416 e. The van der Waals surface area contributed by atoms with E-state index in [0.717, 1.165) is 43.0 Å². The van der Waals surface area contributed by atoms with Gasteiger partial charge in [-0.1, -0.05) is 19.4 Å². The summed E-state index contributed by atoms with van der Waals surface area (Å²) in [5, 5.41) is 3.66. The van der Waals surface area contributed by atoms with Gasteiger partial charge in [0.2, 0.25) is 5.91 Å². The van der Waals surface area contributed by atoms with Crippen LogP contribution in [-0.2, 0) is 23.9 Å². The second-order valence-electron chi connectivity index (χ2n) is 9.81. The van der Waals surface area contributed by atoms with Crippen LogP contribution in [0.2, 0.25) is 0 Å². The van der Waals surface area contributed by atoms with Gasteiger partial charge in [0.05, 0.1) is 12.1 Å². The van der Waals surface area contributed by atoms with Crippen LogP contribution in [0.25, 0.3) is 0 Å². The molecule has 0 saturated carbocycles. The van der Waals surface area contributed by atoms with Gasteiger partial charge in [-0.3, -0.25) is 9.69 Å². The number of rotatable bonds is 7. The molecule has 2 aromatic rings. The second-order valence-corrected chi connectivity index (χ2v) is 9.81. The third-order valence-electron chi connectivity index (χ3n) is 6.89. The van der Waals surface area contributed by atoms with Crippen LogP contribution in [0.15, 0.2) is 42.5 Å². The molecule has 2 aromatic carbocycles. The number of halogens is 4. The maximum atomic E-state index is 12.9. The summed E-state index contributed by atoms with van der Waals surface area (Å²) in [6, 6.07) is 11.3. The van der Waals surface area contributed by atoms with E-state index in [2.05, 4.69) is 17.1 Å².